The van der Waals surface area contributed by atoms with Crippen molar-refractivity contribution >= 4 is 17.7 Å². The zero-order valence-corrected chi connectivity index (χ0v) is 14.8. The highest BCUT2D eigenvalue weighted by Gasteiger charge is 2.17. The Hall–Kier alpha value is -1.10. The molecule has 0 N–H and O–H groups in total. The Morgan fingerprint density at radius 1 is 1.10 bits per heavy atom. The molecule has 0 radical (unpaired) electrons. The zero-order chi connectivity index (χ0) is 16.0. The number of nitrogens with zero attached hydrogens (tertiary/aromatic N) is 3. The molecular formula is C16H27N3OS. The van der Waals surface area contributed by atoms with Crippen molar-refractivity contribution in [2.75, 3.05) is 18.8 Å². The van der Waals surface area contributed by atoms with Gasteiger partial charge < -0.3 is 4.90 Å². The van der Waals surface area contributed by atoms with Crippen molar-refractivity contribution in [1.82, 2.24) is 14.9 Å². The first-order chi connectivity index (χ1) is 9.77. The molecule has 0 atom stereocenters. The Bertz CT molecular complexity index is 444. The van der Waals surface area contributed by atoms with Gasteiger partial charge >= 0.3 is 0 Å². The molecule has 0 fully saturated rings. The van der Waals surface area contributed by atoms with Crippen LogP contribution in [0.2, 0.25) is 0 Å². The summed E-state index contributed by atoms with van der Waals surface area (Å²) in [6, 6.07) is 1.94. The summed E-state index contributed by atoms with van der Waals surface area (Å²) in [7, 11) is 0. The van der Waals surface area contributed by atoms with Gasteiger partial charge in [0, 0.05) is 24.5 Å². The maximum Gasteiger partial charge on any atom is 0.233 e. The molecule has 5 heteroatoms. The van der Waals surface area contributed by atoms with E-state index >= 15 is 0 Å². The van der Waals surface area contributed by atoms with Crippen LogP contribution >= 0.6 is 11.8 Å². The summed E-state index contributed by atoms with van der Waals surface area (Å²) in [5, 5.41) is 0.690. The summed E-state index contributed by atoms with van der Waals surface area (Å²) < 4.78 is 0. The molecule has 1 aromatic heterocycles. The third-order valence-electron chi connectivity index (χ3n) is 2.81. The van der Waals surface area contributed by atoms with Gasteiger partial charge in [-0.25, -0.2) is 9.97 Å². The van der Waals surface area contributed by atoms with E-state index in [4.69, 9.17) is 0 Å². The minimum Gasteiger partial charge on any atom is -0.341 e. The van der Waals surface area contributed by atoms with Crippen LogP contribution in [0.3, 0.4) is 0 Å². The molecule has 0 aliphatic rings. The van der Waals surface area contributed by atoms with Gasteiger partial charge in [-0.2, -0.15) is 0 Å². The molecule has 118 valence electrons. The maximum atomic E-state index is 12.4. The number of thioether (sulfide) groups is 1. The maximum absolute atomic E-state index is 12.4. The van der Waals surface area contributed by atoms with E-state index in [-0.39, 0.29) is 5.91 Å². The first kappa shape index (κ1) is 18.0. The molecule has 0 aromatic carbocycles. The van der Waals surface area contributed by atoms with Crippen LogP contribution in [0.15, 0.2) is 11.2 Å². The van der Waals surface area contributed by atoms with Crippen molar-refractivity contribution in [3.63, 3.8) is 0 Å². The lowest BCUT2D eigenvalue weighted by Gasteiger charge is -2.26. The van der Waals surface area contributed by atoms with Crippen LogP contribution in [-0.4, -0.2) is 39.6 Å². The highest BCUT2D eigenvalue weighted by atomic mass is 32.2. The topological polar surface area (TPSA) is 46.1 Å². The summed E-state index contributed by atoms with van der Waals surface area (Å²) in [6.07, 6.45) is 0. The average Bonchev–Trinajstić information content (AvgIpc) is 2.32. The van der Waals surface area contributed by atoms with Gasteiger partial charge in [-0.3, -0.25) is 4.79 Å². The van der Waals surface area contributed by atoms with Crippen LogP contribution in [0.5, 0.6) is 0 Å². The summed E-state index contributed by atoms with van der Waals surface area (Å²) in [5.41, 5.74) is 1.89. The van der Waals surface area contributed by atoms with E-state index in [9.17, 15) is 4.79 Å². The van der Waals surface area contributed by atoms with Gasteiger partial charge in [0.05, 0.1) is 5.75 Å². The summed E-state index contributed by atoms with van der Waals surface area (Å²) in [4.78, 5) is 23.1. The largest absolute Gasteiger partial charge is 0.341 e. The monoisotopic (exact) mass is 309 g/mol. The molecule has 1 rings (SSSR count). The third kappa shape index (κ3) is 6.93. The first-order valence-electron chi connectivity index (χ1n) is 7.50. The Kier molecular flexibility index (Phi) is 7.15. The summed E-state index contributed by atoms with van der Waals surface area (Å²) in [5.74, 6) is 1.54. The highest BCUT2D eigenvalue weighted by molar-refractivity contribution is 7.99. The van der Waals surface area contributed by atoms with Crippen molar-refractivity contribution in [2.45, 2.75) is 46.7 Å². The second-order valence-corrected chi connectivity index (χ2v) is 7.25. The molecule has 4 nitrogen and oxygen atoms in total. The minimum absolute atomic E-state index is 0.171. The molecular weight excluding hydrogens is 282 g/mol. The minimum atomic E-state index is 0.171. The smallest absolute Gasteiger partial charge is 0.233 e. The van der Waals surface area contributed by atoms with Crippen molar-refractivity contribution in [3.05, 3.63) is 17.5 Å². The molecule has 1 aromatic rings. The predicted octanol–water partition coefficient (Wildman–Crippen LogP) is 3.33. The molecule has 1 heterocycles. The quantitative estimate of drug-likeness (QED) is 0.572. The van der Waals surface area contributed by atoms with Gasteiger partial charge in [0.2, 0.25) is 5.91 Å². The van der Waals surface area contributed by atoms with Crippen molar-refractivity contribution in [1.29, 1.82) is 0 Å². The van der Waals surface area contributed by atoms with E-state index in [2.05, 4.69) is 37.7 Å². The number of amides is 1. The van der Waals surface area contributed by atoms with Gasteiger partial charge in [0.25, 0.3) is 0 Å². The fourth-order valence-corrected chi connectivity index (χ4v) is 2.99. The Balaban J connectivity index is 2.63. The SMILES string of the molecule is Cc1cc(C)nc(SCC(=O)N(CC(C)C)CC(C)C)n1. The fourth-order valence-electron chi connectivity index (χ4n) is 2.14. The fraction of sp³-hybridized carbons (Fsp3) is 0.688. The summed E-state index contributed by atoms with van der Waals surface area (Å²) in [6.45, 7) is 14.1. The standard InChI is InChI=1S/C16H27N3OS/c1-11(2)8-19(9-12(3)4)15(20)10-21-16-17-13(5)7-14(6)18-16/h7,11-12H,8-10H2,1-6H3. The van der Waals surface area contributed by atoms with Crippen molar-refractivity contribution in [3.8, 4) is 0 Å². The molecule has 1 amide bonds. The second kappa shape index (κ2) is 8.37. The van der Waals surface area contributed by atoms with Crippen LogP contribution in [0, 0.1) is 25.7 Å². The Morgan fingerprint density at radius 2 is 1.57 bits per heavy atom. The van der Waals surface area contributed by atoms with E-state index in [1.165, 1.54) is 11.8 Å². The van der Waals surface area contributed by atoms with Gasteiger partial charge in [-0.15, -0.1) is 0 Å². The normalized spacial score (nSPS) is 11.2. The van der Waals surface area contributed by atoms with Gasteiger partial charge in [-0.05, 0) is 31.7 Å². The number of aromatic nitrogens is 2. The molecule has 0 unspecified atom stereocenters. The second-order valence-electron chi connectivity index (χ2n) is 6.31. The van der Waals surface area contributed by atoms with Crippen LogP contribution in [0.1, 0.15) is 39.1 Å². The highest BCUT2D eigenvalue weighted by Crippen LogP contribution is 2.16. The predicted molar refractivity (Wildman–Crippen MR) is 88.5 cm³/mol. The lowest BCUT2D eigenvalue weighted by atomic mass is 10.1. The van der Waals surface area contributed by atoms with Crippen LogP contribution in [0.25, 0.3) is 0 Å². The lowest BCUT2D eigenvalue weighted by Crippen LogP contribution is -2.38. The van der Waals surface area contributed by atoms with Crippen molar-refractivity contribution in [2.24, 2.45) is 11.8 Å². The number of aryl methyl sites for hydroxylation is 2. The molecule has 21 heavy (non-hydrogen) atoms. The van der Waals surface area contributed by atoms with Gasteiger partial charge in [-0.1, -0.05) is 39.5 Å². The van der Waals surface area contributed by atoms with E-state index in [1.807, 2.05) is 24.8 Å². The van der Waals surface area contributed by atoms with E-state index in [1.54, 1.807) is 0 Å². The van der Waals surface area contributed by atoms with Gasteiger partial charge in [0.15, 0.2) is 5.16 Å². The van der Waals surface area contributed by atoms with E-state index < -0.39 is 0 Å². The van der Waals surface area contributed by atoms with Crippen molar-refractivity contribution < 1.29 is 4.79 Å². The number of hydrogen-bond acceptors (Lipinski definition) is 4. The van der Waals surface area contributed by atoms with E-state index in [0.717, 1.165) is 24.5 Å². The summed E-state index contributed by atoms with van der Waals surface area (Å²) >= 11 is 1.43. The lowest BCUT2D eigenvalue weighted by molar-refractivity contribution is -0.129. The van der Waals surface area contributed by atoms with Crippen LogP contribution in [-0.2, 0) is 4.79 Å². The van der Waals surface area contributed by atoms with Crippen LogP contribution < -0.4 is 0 Å². The third-order valence-corrected chi connectivity index (χ3v) is 3.64. The number of carbonyl (C=O) groups is 1. The first-order valence-corrected chi connectivity index (χ1v) is 8.49. The molecule has 0 saturated heterocycles. The molecule has 0 bridgehead atoms. The molecule has 0 spiro atoms. The number of hydrogen-bond donors (Lipinski definition) is 0. The Labute approximate surface area is 132 Å². The number of carbonyl (C=O) groups excluding carboxylic acids is 1. The molecule has 0 aliphatic carbocycles. The average molecular weight is 309 g/mol. The van der Waals surface area contributed by atoms with Gasteiger partial charge in [0.1, 0.15) is 0 Å². The zero-order valence-electron chi connectivity index (χ0n) is 14.0. The van der Waals surface area contributed by atoms with Crippen LogP contribution in [0.4, 0.5) is 0 Å². The molecule has 0 saturated carbocycles. The number of rotatable bonds is 7. The van der Waals surface area contributed by atoms with E-state index in [0.29, 0.717) is 22.7 Å². The Morgan fingerprint density at radius 3 is 2.00 bits per heavy atom. The molecule has 0 aliphatic heterocycles.